The van der Waals surface area contributed by atoms with Gasteiger partial charge in [0.05, 0.1) is 21.1 Å². The highest BCUT2D eigenvalue weighted by atomic mass is 32.1. The second kappa shape index (κ2) is 3.87. The van der Waals surface area contributed by atoms with Gasteiger partial charge in [-0.25, -0.2) is 4.98 Å². The van der Waals surface area contributed by atoms with E-state index in [4.69, 9.17) is 5.11 Å². The van der Waals surface area contributed by atoms with E-state index in [9.17, 15) is 4.79 Å². The molecule has 0 unspecified atom stereocenters. The molecule has 0 aliphatic heterocycles. The molecule has 0 amide bonds. The van der Waals surface area contributed by atoms with Crippen LogP contribution in [0.4, 0.5) is 0 Å². The van der Waals surface area contributed by atoms with Crippen molar-refractivity contribution in [1.29, 1.82) is 0 Å². The number of hydrogen-bond donors (Lipinski definition) is 1. The molecule has 0 radical (unpaired) electrons. The summed E-state index contributed by atoms with van der Waals surface area (Å²) in [5, 5.41) is 9.07. The number of carboxylic acid groups (broad SMARTS) is 1. The van der Waals surface area contributed by atoms with Gasteiger partial charge in [-0.1, -0.05) is 6.07 Å². The standard InChI is InChI=1S/C12H13NO2S/c1-12(2,11(14)15)6-8-3-4-9-10(5-8)16-7-13-9/h3-5,7H,6H2,1-2H3,(H,14,15). The lowest BCUT2D eigenvalue weighted by Crippen LogP contribution is -2.26. The van der Waals surface area contributed by atoms with Crippen molar-refractivity contribution < 1.29 is 9.90 Å². The minimum absolute atomic E-state index is 0.538. The van der Waals surface area contributed by atoms with Gasteiger partial charge in [0.2, 0.25) is 0 Å². The maximum Gasteiger partial charge on any atom is 0.309 e. The molecule has 1 heterocycles. The molecule has 2 aromatic rings. The topological polar surface area (TPSA) is 50.2 Å². The van der Waals surface area contributed by atoms with Crippen molar-refractivity contribution in [1.82, 2.24) is 4.98 Å². The Morgan fingerprint density at radius 2 is 2.25 bits per heavy atom. The van der Waals surface area contributed by atoms with Crippen LogP contribution in [0.5, 0.6) is 0 Å². The average Bonchev–Trinajstić information content (AvgIpc) is 2.63. The van der Waals surface area contributed by atoms with Crippen LogP contribution in [-0.4, -0.2) is 16.1 Å². The molecule has 0 spiro atoms. The van der Waals surface area contributed by atoms with Crippen LogP contribution in [0.3, 0.4) is 0 Å². The van der Waals surface area contributed by atoms with Gasteiger partial charge in [-0.05, 0) is 38.0 Å². The Balaban J connectivity index is 2.30. The number of aromatic nitrogens is 1. The Morgan fingerprint density at radius 1 is 1.50 bits per heavy atom. The van der Waals surface area contributed by atoms with Gasteiger partial charge in [0.25, 0.3) is 0 Å². The van der Waals surface area contributed by atoms with Gasteiger partial charge in [0.15, 0.2) is 0 Å². The normalized spacial score (nSPS) is 11.9. The first-order valence-electron chi connectivity index (χ1n) is 5.04. The summed E-state index contributed by atoms with van der Waals surface area (Å²) < 4.78 is 1.11. The zero-order valence-electron chi connectivity index (χ0n) is 9.23. The van der Waals surface area contributed by atoms with E-state index in [0.717, 1.165) is 15.8 Å². The van der Waals surface area contributed by atoms with E-state index in [-0.39, 0.29) is 0 Å². The highest BCUT2D eigenvalue weighted by Gasteiger charge is 2.27. The quantitative estimate of drug-likeness (QED) is 0.889. The molecule has 0 aliphatic rings. The summed E-state index contributed by atoms with van der Waals surface area (Å²) in [6.07, 6.45) is 0.538. The molecular formula is C12H13NO2S. The maximum atomic E-state index is 11.0. The van der Waals surface area contributed by atoms with Gasteiger partial charge in [-0.2, -0.15) is 0 Å². The number of hydrogen-bond acceptors (Lipinski definition) is 3. The fraction of sp³-hybridized carbons (Fsp3) is 0.333. The third kappa shape index (κ3) is 2.07. The van der Waals surface area contributed by atoms with Crippen LogP contribution in [0.1, 0.15) is 19.4 Å². The molecule has 0 atom stereocenters. The predicted octanol–water partition coefficient (Wildman–Crippen LogP) is 2.95. The molecule has 1 aromatic carbocycles. The summed E-state index contributed by atoms with van der Waals surface area (Å²) in [5.74, 6) is -0.767. The highest BCUT2D eigenvalue weighted by molar-refractivity contribution is 7.16. The Morgan fingerprint density at radius 3 is 2.94 bits per heavy atom. The second-order valence-electron chi connectivity index (χ2n) is 4.52. The third-order valence-electron chi connectivity index (χ3n) is 2.62. The van der Waals surface area contributed by atoms with Crippen LogP contribution < -0.4 is 0 Å². The lowest BCUT2D eigenvalue weighted by atomic mass is 9.86. The van der Waals surface area contributed by atoms with E-state index in [1.165, 1.54) is 0 Å². The Kier molecular flexibility index (Phi) is 2.68. The van der Waals surface area contributed by atoms with Crippen LogP contribution in [0, 0.1) is 5.41 Å². The summed E-state index contributed by atoms with van der Waals surface area (Å²) in [7, 11) is 0. The van der Waals surface area contributed by atoms with Crippen LogP contribution in [-0.2, 0) is 11.2 Å². The van der Waals surface area contributed by atoms with E-state index < -0.39 is 11.4 Å². The van der Waals surface area contributed by atoms with E-state index in [1.54, 1.807) is 30.7 Å². The van der Waals surface area contributed by atoms with Crippen molar-refractivity contribution in [3.8, 4) is 0 Å². The molecule has 0 saturated carbocycles. The monoisotopic (exact) mass is 235 g/mol. The SMILES string of the molecule is CC(C)(Cc1ccc2ncsc2c1)C(=O)O. The zero-order chi connectivity index (χ0) is 11.8. The van der Waals surface area contributed by atoms with Gasteiger partial charge >= 0.3 is 5.97 Å². The summed E-state index contributed by atoms with van der Waals surface area (Å²) >= 11 is 1.58. The van der Waals surface area contributed by atoms with Crippen molar-refractivity contribution in [2.24, 2.45) is 5.41 Å². The van der Waals surface area contributed by atoms with E-state index in [2.05, 4.69) is 4.98 Å². The first-order chi connectivity index (χ1) is 7.49. The minimum Gasteiger partial charge on any atom is -0.481 e. The van der Waals surface area contributed by atoms with E-state index in [1.807, 2.05) is 18.2 Å². The van der Waals surface area contributed by atoms with E-state index in [0.29, 0.717) is 6.42 Å². The number of carboxylic acids is 1. The lowest BCUT2D eigenvalue weighted by Gasteiger charge is -2.18. The third-order valence-corrected chi connectivity index (χ3v) is 3.41. The molecule has 0 saturated heterocycles. The van der Waals surface area contributed by atoms with Crippen molar-refractivity contribution >= 4 is 27.5 Å². The van der Waals surface area contributed by atoms with Crippen LogP contribution >= 0.6 is 11.3 Å². The lowest BCUT2D eigenvalue weighted by molar-refractivity contribution is -0.146. The number of rotatable bonds is 3. The van der Waals surface area contributed by atoms with Crippen molar-refractivity contribution in [2.45, 2.75) is 20.3 Å². The molecular weight excluding hydrogens is 222 g/mol. The zero-order valence-corrected chi connectivity index (χ0v) is 10.0. The van der Waals surface area contributed by atoms with E-state index >= 15 is 0 Å². The summed E-state index contributed by atoms with van der Waals surface area (Å²) in [5.41, 5.74) is 3.10. The molecule has 1 aromatic heterocycles. The number of nitrogens with zero attached hydrogens (tertiary/aromatic N) is 1. The first-order valence-corrected chi connectivity index (χ1v) is 5.92. The molecule has 0 fully saturated rings. The van der Waals surface area contributed by atoms with Crippen molar-refractivity contribution in [3.05, 3.63) is 29.3 Å². The van der Waals surface area contributed by atoms with Crippen LogP contribution in [0.2, 0.25) is 0 Å². The smallest absolute Gasteiger partial charge is 0.309 e. The predicted molar refractivity (Wildman–Crippen MR) is 64.7 cm³/mol. The molecule has 0 aliphatic carbocycles. The minimum atomic E-state index is -0.767. The summed E-state index contributed by atoms with van der Waals surface area (Å²) in [6.45, 7) is 3.48. The van der Waals surface area contributed by atoms with Gasteiger partial charge in [-0.15, -0.1) is 11.3 Å². The number of thiazole rings is 1. The molecule has 2 rings (SSSR count). The fourth-order valence-electron chi connectivity index (χ4n) is 1.60. The average molecular weight is 235 g/mol. The van der Waals surface area contributed by atoms with Crippen LogP contribution in [0.25, 0.3) is 10.2 Å². The number of fused-ring (bicyclic) bond motifs is 1. The Hall–Kier alpha value is -1.42. The molecule has 84 valence electrons. The molecule has 16 heavy (non-hydrogen) atoms. The Bertz CT molecular complexity index is 531. The number of carbonyl (C=O) groups is 1. The van der Waals surface area contributed by atoms with Crippen LogP contribution in [0.15, 0.2) is 23.7 Å². The second-order valence-corrected chi connectivity index (χ2v) is 5.41. The Labute approximate surface area is 97.8 Å². The molecule has 4 heteroatoms. The van der Waals surface area contributed by atoms with Gasteiger partial charge in [-0.3, -0.25) is 4.79 Å². The summed E-state index contributed by atoms with van der Waals surface area (Å²) in [6, 6.07) is 5.92. The first kappa shape index (κ1) is 11.1. The van der Waals surface area contributed by atoms with Crippen molar-refractivity contribution in [3.63, 3.8) is 0 Å². The van der Waals surface area contributed by atoms with Gasteiger partial charge < -0.3 is 5.11 Å². The fourth-order valence-corrected chi connectivity index (χ4v) is 2.34. The maximum absolute atomic E-state index is 11.0. The highest BCUT2D eigenvalue weighted by Crippen LogP contribution is 2.25. The van der Waals surface area contributed by atoms with Crippen molar-refractivity contribution in [2.75, 3.05) is 0 Å². The molecule has 3 nitrogen and oxygen atoms in total. The molecule has 1 N–H and O–H groups in total. The number of benzene rings is 1. The van der Waals surface area contributed by atoms with Gasteiger partial charge in [0, 0.05) is 0 Å². The van der Waals surface area contributed by atoms with Gasteiger partial charge in [0.1, 0.15) is 0 Å². The molecule has 0 bridgehead atoms. The number of aliphatic carboxylic acids is 1. The largest absolute Gasteiger partial charge is 0.481 e. The summed E-state index contributed by atoms with van der Waals surface area (Å²) in [4.78, 5) is 15.2.